The van der Waals surface area contributed by atoms with Crippen LogP contribution in [0, 0.1) is 19.8 Å². The average molecular weight is 354 g/mol. The normalized spacial score (nSPS) is 18.8. The summed E-state index contributed by atoms with van der Waals surface area (Å²) in [5.74, 6) is -0.263. The zero-order valence-corrected chi connectivity index (χ0v) is 14.6. The highest BCUT2D eigenvalue weighted by atomic mass is 32.2. The number of hydrazine groups is 1. The van der Waals surface area contributed by atoms with Crippen LogP contribution < -0.4 is 15.6 Å². The van der Waals surface area contributed by atoms with Crippen molar-refractivity contribution in [1.29, 1.82) is 0 Å². The number of amides is 2. The van der Waals surface area contributed by atoms with Crippen LogP contribution in [0.15, 0.2) is 18.2 Å². The van der Waals surface area contributed by atoms with E-state index in [0.717, 1.165) is 11.1 Å². The Kier molecular flexibility index (Phi) is 5.82. The lowest BCUT2D eigenvalue weighted by molar-refractivity contribution is -0.130. The van der Waals surface area contributed by atoms with Crippen LogP contribution in [0.5, 0.6) is 5.75 Å². The van der Waals surface area contributed by atoms with Crippen molar-refractivity contribution in [2.24, 2.45) is 5.92 Å². The van der Waals surface area contributed by atoms with Crippen LogP contribution in [0.1, 0.15) is 24.0 Å². The van der Waals surface area contributed by atoms with Gasteiger partial charge in [-0.3, -0.25) is 20.4 Å². The Balaban J connectivity index is 1.72. The van der Waals surface area contributed by atoms with E-state index < -0.39 is 21.7 Å². The minimum atomic E-state index is -3.01. The quantitative estimate of drug-likeness (QED) is 0.756. The second kappa shape index (κ2) is 7.65. The molecular formula is C16H22N2O5S. The van der Waals surface area contributed by atoms with Crippen molar-refractivity contribution in [3.63, 3.8) is 0 Å². The van der Waals surface area contributed by atoms with E-state index in [1.54, 1.807) is 0 Å². The fourth-order valence-electron chi connectivity index (χ4n) is 2.69. The number of ether oxygens (including phenoxy) is 1. The first-order valence-corrected chi connectivity index (χ1v) is 9.56. The summed E-state index contributed by atoms with van der Waals surface area (Å²) in [5.41, 5.74) is 6.41. The van der Waals surface area contributed by atoms with E-state index in [1.165, 1.54) is 0 Å². The first-order chi connectivity index (χ1) is 11.3. The summed E-state index contributed by atoms with van der Waals surface area (Å²) in [7, 11) is -3.01. The lowest BCUT2D eigenvalue weighted by Crippen LogP contribution is -2.44. The maximum Gasteiger partial charge on any atom is 0.276 e. The molecule has 2 rings (SSSR count). The third-order valence-corrected chi connectivity index (χ3v) is 5.74. The number of sulfone groups is 1. The van der Waals surface area contributed by atoms with Crippen LogP contribution in [0.3, 0.4) is 0 Å². The molecule has 1 fully saturated rings. The van der Waals surface area contributed by atoms with Crippen molar-refractivity contribution >= 4 is 21.7 Å². The van der Waals surface area contributed by atoms with Gasteiger partial charge in [0.1, 0.15) is 5.75 Å². The Morgan fingerprint density at radius 2 is 1.79 bits per heavy atom. The third kappa shape index (κ3) is 5.23. The van der Waals surface area contributed by atoms with Gasteiger partial charge in [0.05, 0.1) is 11.5 Å². The molecular weight excluding hydrogens is 332 g/mol. The van der Waals surface area contributed by atoms with Gasteiger partial charge in [0, 0.05) is 6.42 Å². The molecule has 24 heavy (non-hydrogen) atoms. The van der Waals surface area contributed by atoms with E-state index in [9.17, 15) is 18.0 Å². The van der Waals surface area contributed by atoms with Crippen LogP contribution in [0.25, 0.3) is 0 Å². The SMILES string of the molecule is Cc1cccc(C)c1OCC(=O)NNC(=O)C[C@@H]1CCS(=O)(=O)C1. The third-order valence-electron chi connectivity index (χ3n) is 3.90. The Bertz CT molecular complexity index is 710. The number of rotatable bonds is 5. The van der Waals surface area contributed by atoms with Crippen molar-refractivity contribution in [2.45, 2.75) is 26.7 Å². The minimum Gasteiger partial charge on any atom is -0.483 e. The second-order valence-corrected chi connectivity index (χ2v) is 8.31. The molecule has 132 valence electrons. The predicted molar refractivity (Wildman–Crippen MR) is 89.1 cm³/mol. The van der Waals surface area contributed by atoms with Gasteiger partial charge in [-0.2, -0.15) is 0 Å². The molecule has 8 heteroatoms. The second-order valence-electron chi connectivity index (χ2n) is 6.08. The van der Waals surface area contributed by atoms with E-state index in [1.807, 2.05) is 32.0 Å². The molecule has 0 spiro atoms. The molecule has 1 aromatic rings. The molecule has 2 amide bonds. The first-order valence-electron chi connectivity index (χ1n) is 7.74. The summed E-state index contributed by atoms with van der Waals surface area (Å²) in [6, 6.07) is 5.68. The lowest BCUT2D eigenvalue weighted by Gasteiger charge is -2.13. The van der Waals surface area contributed by atoms with Gasteiger partial charge < -0.3 is 4.74 Å². The van der Waals surface area contributed by atoms with Crippen molar-refractivity contribution in [1.82, 2.24) is 10.9 Å². The van der Waals surface area contributed by atoms with Crippen molar-refractivity contribution in [3.05, 3.63) is 29.3 Å². The summed E-state index contributed by atoms with van der Waals surface area (Å²) < 4.78 is 28.2. The molecule has 0 radical (unpaired) electrons. The fourth-order valence-corrected chi connectivity index (χ4v) is 4.55. The highest BCUT2D eigenvalue weighted by Crippen LogP contribution is 2.22. The number of para-hydroxylation sites is 1. The lowest BCUT2D eigenvalue weighted by atomic mass is 10.1. The standard InChI is InChI=1S/C16H22N2O5S/c1-11-4-3-5-12(2)16(11)23-9-15(20)18-17-14(19)8-13-6-7-24(21,22)10-13/h3-5,13H,6-10H2,1-2H3,(H,17,19)(H,18,20)/t13-/m0/s1. The van der Waals surface area contributed by atoms with Gasteiger partial charge in [0.25, 0.3) is 5.91 Å². The number of hydrogen-bond donors (Lipinski definition) is 2. The number of aryl methyl sites for hydroxylation is 2. The van der Waals surface area contributed by atoms with E-state index in [-0.39, 0.29) is 30.5 Å². The van der Waals surface area contributed by atoms with Gasteiger partial charge >= 0.3 is 0 Å². The zero-order chi connectivity index (χ0) is 17.7. The summed E-state index contributed by atoms with van der Waals surface area (Å²) in [6.45, 7) is 3.55. The molecule has 1 aliphatic rings. The van der Waals surface area contributed by atoms with Gasteiger partial charge in [-0.05, 0) is 37.3 Å². The zero-order valence-electron chi connectivity index (χ0n) is 13.8. The van der Waals surface area contributed by atoms with Gasteiger partial charge in [-0.1, -0.05) is 18.2 Å². The average Bonchev–Trinajstić information content (AvgIpc) is 2.83. The van der Waals surface area contributed by atoms with Gasteiger partial charge in [-0.25, -0.2) is 8.42 Å². The molecule has 0 aliphatic carbocycles. The molecule has 1 heterocycles. The molecule has 7 nitrogen and oxygen atoms in total. The molecule has 1 saturated heterocycles. The maximum absolute atomic E-state index is 11.7. The molecule has 1 aliphatic heterocycles. The highest BCUT2D eigenvalue weighted by molar-refractivity contribution is 7.91. The smallest absolute Gasteiger partial charge is 0.276 e. The van der Waals surface area contributed by atoms with Gasteiger partial charge in [0.2, 0.25) is 5.91 Å². The largest absolute Gasteiger partial charge is 0.483 e. The van der Waals surface area contributed by atoms with E-state index in [0.29, 0.717) is 12.2 Å². The van der Waals surface area contributed by atoms with Gasteiger partial charge in [-0.15, -0.1) is 0 Å². The number of carbonyl (C=O) groups excluding carboxylic acids is 2. The van der Waals surface area contributed by atoms with E-state index in [4.69, 9.17) is 4.74 Å². The van der Waals surface area contributed by atoms with Crippen LogP contribution in [0.4, 0.5) is 0 Å². The number of hydrogen-bond acceptors (Lipinski definition) is 5. The summed E-state index contributed by atoms with van der Waals surface area (Å²) in [5, 5.41) is 0. The monoisotopic (exact) mass is 354 g/mol. The molecule has 1 aromatic carbocycles. The molecule has 2 N–H and O–H groups in total. The molecule has 0 aromatic heterocycles. The summed E-state index contributed by atoms with van der Waals surface area (Å²) in [4.78, 5) is 23.5. The van der Waals surface area contributed by atoms with Crippen LogP contribution in [-0.4, -0.2) is 38.3 Å². The van der Waals surface area contributed by atoms with E-state index in [2.05, 4.69) is 10.9 Å². The maximum atomic E-state index is 11.7. The molecule has 0 bridgehead atoms. The summed E-state index contributed by atoms with van der Waals surface area (Å²) >= 11 is 0. The first kappa shape index (κ1) is 18.3. The number of carbonyl (C=O) groups is 2. The highest BCUT2D eigenvalue weighted by Gasteiger charge is 2.29. The van der Waals surface area contributed by atoms with Crippen molar-refractivity contribution in [2.75, 3.05) is 18.1 Å². The fraction of sp³-hybridized carbons (Fsp3) is 0.500. The predicted octanol–water partition coefficient (Wildman–Crippen LogP) is 0.654. The van der Waals surface area contributed by atoms with Crippen LogP contribution in [-0.2, 0) is 19.4 Å². The van der Waals surface area contributed by atoms with E-state index >= 15 is 0 Å². The Hall–Kier alpha value is -2.09. The topological polar surface area (TPSA) is 102 Å². The van der Waals surface area contributed by atoms with Crippen LogP contribution >= 0.6 is 0 Å². The number of benzene rings is 1. The Morgan fingerprint density at radius 1 is 1.17 bits per heavy atom. The molecule has 0 unspecified atom stereocenters. The van der Waals surface area contributed by atoms with Crippen molar-refractivity contribution in [3.8, 4) is 5.75 Å². The molecule has 1 atom stereocenters. The Morgan fingerprint density at radius 3 is 2.38 bits per heavy atom. The number of nitrogens with one attached hydrogen (secondary N) is 2. The Labute approximate surface area is 141 Å². The van der Waals surface area contributed by atoms with Crippen LogP contribution in [0.2, 0.25) is 0 Å². The van der Waals surface area contributed by atoms with Gasteiger partial charge in [0.15, 0.2) is 16.4 Å². The minimum absolute atomic E-state index is 0.0318. The summed E-state index contributed by atoms with van der Waals surface area (Å²) in [6.07, 6.45) is 0.566. The van der Waals surface area contributed by atoms with Crippen molar-refractivity contribution < 1.29 is 22.7 Å². The molecule has 0 saturated carbocycles.